The Balaban J connectivity index is 0.00000320. The highest BCUT2D eigenvalue weighted by molar-refractivity contribution is 14.0. The summed E-state index contributed by atoms with van der Waals surface area (Å²) in [6, 6.07) is 14.7. The van der Waals surface area contributed by atoms with Crippen molar-refractivity contribution in [1.29, 1.82) is 0 Å². The van der Waals surface area contributed by atoms with Crippen LogP contribution in [0, 0.1) is 5.82 Å². The highest BCUT2D eigenvalue weighted by atomic mass is 127. The van der Waals surface area contributed by atoms with Gasteiger partial charge in [-0.25, -0.2) is 9.38 Å². The number of guanidine groups is 1. The van der Waals surface area contributed by atoms with E-state index in [-0.39, 0.29) is 35.7 Å². The number of carbonyl (C=O) groups is 1. The van der Waals surface area contributed by atoms with Crippen molar-refractivity contribution in [3.8, 4) is 0 Å². The monoisotopic (exact) mass is 524 g/mol. The number of nitrogens with zero attached hydrogens (tertiary/aromatic N) is 2. The molecular formula is C23H30FIN4O. The van der Waals surface area contributed by atoms with Crippen LogP contribution < -0.4 is 10.6 Å². The molecule has 1 heterocycles. The molecule has 2 N–H and O–H groups in total. The number of hydrogen-bond donors (Lipinski definition) is 2. The third kappa shape index (κ3) is 7.27. The number of benzene rings is 2. The topological polar surface area (TPSA) is 56.7 Å². The van der Waals surface area contributed by atoms with Gasteiger partial charge in [-0.05, 0) is 48.6 Å². The molecule has 1 fully saturated rings. The first-order valence-corrected chi connectivity index (χ1v) is 10.3. The normalized spacial score (nSPS) is 13.9. The molecule has 0 bridgehead atoms. The van der Waals surface area contributed by atoms with Crippen molar-refractivity contribution < 1.29 is 9.18 Å². The number of hydrogen-bond acceptors (Lipinski definition) is 2. The number of halogens is 2. The maximum absolute atomic E-state index is 13.0. The summed E-state index contributed by atoms with van der Waals surface area (Å²) in [6.07, 6.45) is 2.39. The molecular weight excluding hydrogens is 494 g/mol. The van der Waals surface area contributed by atoms with Gasteiger partial charge in [-0.2, -0.15) is 0 Å². The van der Waals surface area contributed by atoms with Gasteiger partial charge in [0.05, 0.1) is 6.54 Å². The summed E-state index contributed by atoms with van der Waals surface area (Å²) >= 11 is 0. The fraction of sp³-hybridized carbons (Fsp3) is 0.391. The van der Waals surface area contributed by atoms with E-state index in [9.17, 15) is 9.18 Å². The molecule has 0 unspecified atom stereocenters. The van der Waals surface area contributed by atoms with E-state index in [2.05, 4.69) is 22.8 Å². The largest absolute Gasteiger partial charge is 0.357 e. The van der Waals surface area contributed by atoms with E-state index < -0.39 is 0 Å². The van der Waals surface area contributed by atoms with E-state index in [1.165, 1.54) is 12.1 Å². The molecule has 0 aromatic heterocycles. The molecule has 0 atom stereocenters. The van der Waals surface area contributed by atoms with Gasteiger partial charge in [0.1, 0.15) is 5.82 Å². The van der Waals surface area contributed by atoms with Crippen molar-refractivity contribution in [1.82, 2.24) is 15.5 Å². The van der Waals surface area contributed by atoms with Crippen LogP contribution in [0.25, 0.3) is 0 Å². The van der Waals surface area contributed by atoms with Crippen LogP contribution in [0.2, 0.25) is 0 Å². The number of aliphatic imine (C=N–C) groups is 1. The molecule has 0 radical (unpaired) electrons. The van der Waals surface area contributed by atoms with Crippen LogP contribution in [0.3, 0.4) is 0 Å². The Labute approximate surface area is 195 Å². The second-order valence-electron chi connectivity index (χ2n) is 7.19. The van der Waals surface area contributed by atoms with Gasteiger partial charge in [0.15, 0.2) is 5.96 Å². The van der Waals surface area contributed by atoms with Crippen LogP contribution in [0.5, 0.6) is 0 Å². The minimum atomic E-state index is -0.217. The molecule has 0 aliphatic carbocycles. The number of carbonyl (C=O) groups excluding carboxylic acids is 1. The van der Waals surface area contributed by atoms with Crippen LogP contribution in [0.1, 0.15) is 36.5 Å². The Bertz CT molecular complexity index is 841. The van der Waals surface area contributed by atoms with Gasteiger partial charge in [0.25, 0.3) is 0 Å². The third-order valence-electron chi connectivity index (χ3n) is 5.02. The summed E-state index contributed by atoms with van der Waals surface area (Å²) in [6.45, 7) is 5.55. The summed E-state index contributed by atoms with van der Waals surface area (Å²) in [4.78, 5) is 18.6. The van der Waals surface area contributed by atoms with Crippen molar-refractivity contribution in [2.45, 2.75) is 39.3 Å². The minimum Gasteiger partial charge on any atom is -0.357 e. The van der Waals surface area contributed by atoms with E-state index in [1.54, 1.807) is 12.1 Å². The molecule has 2 aromatic carbocycles. The standard InChI is InChI=1S/C23H29FN4O.HI/c1-2-25-23(26-14-13-18-9-11-21(24)12-10-18)27-16-19-6-3-4-7-20(19)17-28-15-5-8-22(28)29;/h3-4,6-7,9-12H,2,5,8,13-17H2,1H3,(H2,25,26,27);1H. The maximum atomic E-state index is 13.0. The quantitative estimate of drug-likeness (QED) is 0.313. The fourth-order valence-corrected chi connectivity index (χ4v) is 3.43. The van der Waals surface area contributed by atoms with Crippen molar-refractivity contribution in [2.75, 3.05) is 19.6 Å². The first kappa shape index (κ1) is 24.1. The van der Waals surface area contributed by atoms with Crippen molar-refractivity contribution in [2.24, 2.45) is 4.99 Å². The Morgan fingerprint density at radius 1 is 1.10 bits per heavy atom. The predicted octanol–water partition coefficient (Wildman–Crippen LogP) is 3.86. The molecule has 2 aromatic rings. The SMILES string of the molecule is CCNC(=NCc1ccccc1CN1CCCC1=O)NCCc1ccc(F)cc1.I. The molecule has 1 amide bonds. The number of likely N-dealkylation sites (tertiary alicyclic amines) is 1. The smallest absolute Gasteiger partial charge is 0.222 e. The summed E-state index contributed by atoms with van der Waals surface area (Å²) < 4.78 is 13.0. The lowest BCUT2D eigenvalue weighted by Gasteiger charge is -2.18. The van der Waals surface area contributed by atoms with Crippen LogP contribution >= 0.6 is 24.0 Å². The molecule has 30 heavy (non-hydrogen) atoms. The van der Waals surface area contributed by atoms with E-state index in [0.717, 1.165) is 48.6 Å². The van der Waals surface area contributed by atoms with E-state index in [0.29, 0.717) is 26.1 Å². The van der Waals surface area contributed by atoms with E-state index in [4.69, 9.17) is 4.99 Å². The third-order valence-corrected chi connectivity index (χ3v) is 5.02. The summed E-state index contributed by atoms with van der Waals surface area (Å²) in [7, 11) is 0. The minimum absolute atomic E-state index is 0. The average Bonchev–Trinajstić information content (AvgIpc) is 3.13. The summed E-state index contributed by atoms with van der Waals surface area (Å²) in [5, 5.41) is 6.60. The second-order valence-corrected chi connectivity index (χ2v) is 7.19. The van der Waals surface area contributed by atoms with Crippen LogP contribution in [-0.2, 0) is 24.3 Å². The van der Waals surface area contributed by atoms with Crippen LogP contribution in [0.15, 0.2) is 53.5 Å². The highest BCUT2D eigenvalue weighted by Gasteiger charge is 2.20. The van der Waals surface area contributed by atoms with Gasteiger partial charge < -0.3 is 15.5 Å². The Morgan fingerprint density at radius 3 is 2.50 bits per heavy atom. The zero-order valence-corrected chi connectivity index (χ0v) is 19.7. The van der Waals surface area contributed by atoms with Crippen molar-refractivity contribution in [3.63, 3.8) is 0 Å². The highest BCUT2D eigenvalue weighted by Crippen LogP contribution is 2.17. The Morgan fingerprint density at radius 2 is 1.83 bits per heavy atom. The lowest BCUT2D eigenvalue weighted by atomic mass is 10.1. The Hall–Kier alpha value is -2.16. The van der Waals surface area contributed by atoms with Gasteiger partial charge >= 0.3 is 0 Å². The first-order valence-electron chi connectivity index (χ1n) is 10.3. The van der Waals surface area contributed by atoms with Gasteiger partial charge in [-0.15, -0.1) is 24.0 Å². The molecule has 7 heteroatoms. The molecule has 162 valence electrons. The van der Waals surface area contributed by atoms with Crippen LogP contribution in [-0.4, -0.2) is 36.4 Å². The van der Waals surface area contributed by atoms with Gasteiger partial charge in [0, 0.05) is 32.6 Å². The predicted molar refractivity (Wildman–Crippen MR) is 129 cm³/mol. The lowest BCUT2D eigenvalue weighted by molar-refractivity contribution is -0.128. The molecule has 1 aliphatic heterocycles. The lowest BCUT2D eigenvalue weighted by Crippen LogP contribution is -2.38. The van der Waals surface area contributed by atoms with Crippen LogP contribution in [0.4, 0.5) is 4.39 Å². The van der Waals surface area contributed by atoms with Gasteiger partial charge in [0.2, 0.25) is 5.91 Å². The molecule has 0 spiro atoms. The average molecular weight is 524 g/mol. The summed E-state index contributed by atoms with van der Waals surface area (Å²) in [5.41, 5.74) is 3.35. The molecule has 5 nitrogen and oxygen atoms in total. The van der Waals surface area contributed by atoms with Crippen molar-refractivity contribution in [3.05, 3.63) is 71.0 Å². The number of amides is 1. The number of nitrogens with one attached hydrogen (secondary N) is 2. The number of rotatable bonds is 8. The molecule has 1 saturated heterocycles. The van der Waals surface area contributed by atoms with Gasteiger partial charge in [-0.3, -0.25) is 4.79 Å². The van der Waals surface area contributed by atoms with E-state index in [1.807, 2.05) is 24.0 Å². The Kier molecular flexibility index (Phi) is 10.1. The van der Waals surface area contributed by atoms with E-state index >= 15 is 0 Å². The fourth-order valence-electron chi connectivity index (χ4n) is 3.43. The zero-order valence-electron chi connectivity index (χ0n) is 17.4. The molecule has 0 saturated carbocycles. The molecule has 1 aliphatic rings. The first-order chi connectivity index (χ1) is 14.2. The second kappa shape index (κ2) is 12.5. The molecule has 3 rings (SSSR count). The van der Waals surface area contributed by atoms with Gasteiger partial charge in [-0.1, -0.05) is 36.4 Å². The van der Waals surface area contributed by atoms with Crippen molar-refractivity contribution >= 4 is 35.8 Å². The zero-order chi connectivity index (χ0) is 20.5. The summed E-state index contributed by atoms with van der Waals surface area (Å²) in [5.74, 6) is 0.770. The maximum Gasteiger partial charge on any atom is 0.222 e.